The molecule has 4 aliphatic heterocycles. The number of hydrogen-bond acceptors (Lipinski definition) is 1. The lowest BCUT2D eigenvalue weighted by molar-refractivity contribution is -0.364. The van der Waals surface area contributed by atoms with Gasteiger partial charge in [0.05, 0.1) is 11.1 Å². The number of halogens is 4. The molecule has 0 spiro atoms. The Labute approximate surface area is 334 Å². The van der Waals surface area contributed by atoms with E-state index in [9.17, 15) is 0 Å². The van der Waals surface area contributed by atoms with Crippen molar-refractivity contribution in [3.63, 3.8) is 0 Å². The van der Waals surface area contributed by atoms with E-state index in [0.29, 0.717) is 105 Å². The first-order chi connectivity index (χ1) is 27.0. The van der Waals surface area contributed by atoms with E-state index in [1.54, 1.807) is 27.7 Å². The van der Waals surface area contributed by atoms with E-state index in [1.165, 1.54) is 17.9 Å². The van der Waals surface area contributed by atoms with Crippen LogP contribution in [0.25, 0.3) is 11.1 Å². The molecule has 0 saturated carbocycles. The monoisotopic (exact) mass is 774 g/mol. The molecule has 0 N–H and O–H groups in total. The van der Waals surface area contributed by atoms with Crippen molar-refractivity contribution in [2.24, 2.45) is 0 Å². The van der Waals surface area contributed by atoms with Crippen LogP contribution < -0.4 is 4.74 Å². The van der Waals surface area contributed by atoms with E-state index in [0.717, 1.165) is 44.5 Å². The summed E-state index contributed by atoms with van der Waals surface area (Å²) in [7, 11) is 0. The Morgan fingerprint density at radius 3 is 1.21 bits per heavy atom. The minimum absolute atomic E-state index is 0.490. The second-order valence-electron chi connectivity index (χ2n) is 16.1. The Balaban J connectivity index is 1.42. The van der Waals surface area contributed by atoms with Crippen molar-refractivity contribution in [3.05, 3.63) is 138 Å². The van der Waals surface area contributed by atoms with Gasteiger partial charge in [-0.05, 0) is 113 Å². The summed E-state index contributed by atoms with van der Waals surface area (Å²) in [6.07, 6.45) is 2.48. The third kappa shape index (κ3) is 4.96. The number of allylic oxidation sites excluding steroid dienone is 4. The van der Waals surface area contributed by atoms with Crippen molar-refractivity contribution >= 4 is 36.5 Å². The molecule has 296 valence electrons. The Bertz CT molecular complexity index is 2500. The average Bonchev–Trinajstić information content (AvgIpc) is 3.79. The highest BCUT2D eigenvalue weighted by molar-refractivity contribution is 6.59. The predicted octanol–water partition coefficient (Wildman–Crippen LogP) is 11.9. The highest BCUT2D eigenvalue weighted by Gasteiger charge is 2.58. The summed E-state index contributed by atoms with van der Waals surface area (Å²) in [5.41, 5.74) is 14.1. The molecule has 0 bridgehead atoms. The smallest absolute Gasteiger partial charge is 0.456 e. The van der Waals surface area contributed by atoms with Crippen molar-refractivity contribution < 1.29 is 31.0 Å². The van der Waals surface area contributed by atoms with Crippen molar-refractivity contribution in [3.8, 4) is 11.5 Å². The van der Waals surface area contributed by atoms with Gasteiger partial charge in [0, 0.05) is 58.7 Å². The van der Waals surface area contributed by atoms with Crippen LogP contribution in [-0.4, -0.2) is 43.3 Å². The van der Waals surface area contributed by atoms with Gasteiger partial charge in [-0.3, -0.25) is 0 Å². The topological polar surface area (TPSA) is 25.1 Å². The van der Waals surface area contributed by atoms with Crippen LogP contribution in [0.15, 0.2) is 82.2 Å². The average molecular weight is 775 g/mol. The van der Waals surface area contributed by atoms with Crippen molar-refractivity contribution in [1.82, 2.24) is 8.96 Å². The summed E-state index contributed by atoms with van der Waals surface area (Å²) in [6, 6.07) is 15.3. The summed E-state index contributed by atoms with van der Waals surface area (Å²) in [5.74, 6) is 0.980. The zero-order valence-electron chi connectivity index (χ0n) is 35.3. The molecule has 2 aromatic carbocycles. The van der Waals surface area contributed by atoms with E-state index in [-0.39, 0.29) is 0 Å². The van der Waals surface area contributed by atoms with Gasteiger partial charge < -0.3 is 39.9 Å². The van der Waals surface area contributed by atoms with Crippen LogP contribution in [0.2, 0.25) is 0 Å². The maximum atomic E-state index is 17.1. The largest absolute Gasteiger partial charge is 0.737 e. The lowest BCUT2D eigenvalue weighted by atomic mass is 9.83. The molecule has 0 amide bonds. The van der Waals surface area contributed by atoms with Crippen molar-refractivity contribution in [2.75, 3.05) is 0 Å². The van der Waals surface area contributed by atoms with Crippen LogP contribution >= 0.6 is 0 Å². The lowest BCUT2D eigenvalue weighted by Gasteiger charge is -2.34. The molecule has 6 heterocycles. The highest BCUT2D eigenvalue weighted by atomic mass is 19.3. The molecule has 57 heavy (non-hydrogen) atoms. The van der Waals surface area contributed by atoms with Crippen molar-refractivity contribution in [1.29, 1.82) is 0 Å². The second-order valence-corrected chi connectivity index (χ2v) is 16.1. The first kappa shape index (κ1) is 38.8. The third-order valence-corrected chi connectivity index (χ3v) is 13.5. The molecule has 0 fully saturated rings. The maximum absolute atomic E-state index is 17.1. The van der Waals surface area contributed by atoms with Crippen LogP contribution in [0.5, 0.6) is 11.5 Å². The first-order valence-electron chi connectivity index (χ1n) is 20.5. The van der Waals surface area contributed by atoms with E-state index in [2.05, 4.69) is 0 Å². The molecule has 4 aliphatic rings. The molecule has 0 atom stereocenters. The van der Waals surface area contributed by atoms with Gasteiger partial charge >= 0.3 is 13.9 Å². The maximum Gasteiger partial charge on any atom is 0.737 e. The lowest BCUT2D eigenvalue weighted by Crippen LogP contribution is -2.51. The van der Waals surface area contributed by atoms with E-state index in [1.807, 2.05) is 104 Å². The van der Waals surface area contributed by atoms with Gasteiger partial charge in [0.2, 0.25) is 0 Å². The Morgan fingerprint density at radius 1 is 0.526 bits per heavy atom. The molecule has 0 saturated heterocycles. The van der Waals surface area contributed by atoms with Crippen molar-refractivity contribution in [2.45, 2.75) is 109 Å². The van der Waals surface area contributed by atoms with Gasteiger partial charge in [0.15, 0.2) is 11.4 Å². The Kier molecular flexibility index (Phi) is 9.02. The number of benzene rings is 2. The number of rotatable bonds is 8. The molecule has 0 aliphatic carbocycles. The fourth-order valence-electron chi connectivity index (χ4n) is 11.1. The van der Waals surface area contributed by atoms with Gasteiger partial charge in [0.1, 0.15) is 22.9 Å². The fourth-order valence-corrected chi connectivity index (χ4v) is 11.1. The summed E-state index contributed by atoms with van der Waals surface area (Å²) in [5, 5.41) is 0. The molecule has 0 unspecified atom stereocenters. The van der Waals surface area contributed by atoms with E-state index in [4.69, 9.17) is 4.74 Å². The number of aromatic nitrogens is 2. The Hall–Kier alpha value is -5.05. The van der Waals surface area contributed by atoms with Gasteiger partial charge in [-0.15, -0.1) is 0 Å². The van der Waals surface area contributed by atoms with Crippen LogP contribution in [0.4, 0.5) is 17.3 Å². The minimum Gasteiger partial charge on any atom is -0.456 e. The van der Waals surface area contributed by atoms with E-state index >= 15 is 17.3 Å². The van der Waals surface area contributed by atoms with Gasteiger partial charge in [0.25, 0.3) is 0 Å². The Morgan fingerprint density at radius 2 is 0.877 bits per heavy atom. The molecular weight excluding hydrogens is 722 g/mol. The molecule has 11 heteroatoms. The van der Waals surface area contributed by atoms with Gasteiger partial charge in [-0.25, -0.2) is 0 Å². The summed E-state index contributed by atoms with van der Waals surface area (Å²) in [6.45, 7) is 14.7. The number of hydrogen-bond donors (Lipinski definition) is 0. The van der Waals surface area contributed by atoms with Crippen LogP contribution in [-0.2, 0) is 12.8 Å². The molecule has 8 rings (SSSR count). The van der Waals surface area contributed by atoms with E-state index < -0.39 is 13.9 Å². The van der Waals surface area contributed by atoms with Gasteiger partial charge in [-0.2, -0.15) is 0 Å². The number of para-hydroxylation sites is 2. The number of nitrogens with zero attached hydrogens (tertiary/aromatic N) is 4. The fraction of sp³-hybridized carbons (Fsp3) is 0.348. The van der Waals surface area contributed by atoms with Crippen LogP contribution in [0.1, 0.15) is 124 Å². The summed E-state index contributed by atoms with van der Waals surface area (Å²) in [4.78, 5) is 0. The predicted molar refractivity (Wildman–Crippen MR) is 226 cm³/mol. The standard InChI is InChI=1S/C46H52B2F4N4O/c1-13-33-25(5)43-41(44-26(6)34(14-2)30(10)54(44)47(49,50)53(43)29(33)9)37-21-17-19-23-39(37)57-40-24-20-18-22-38(40)42-45-27(7)35(15-3)31(11)55(45)48(51,52)56-32(12)36(16-4)28(8)46(42)56/h17-24H,13-16H2,1-12H3. The summed E-state index contributed by atoms with van der Waals surface area (Å²) >= 11 is 0. The summed E-state index contributed by atoms with van der Waals surface area (Å²) < 4.78 is 80.7. The van der Waals surface area contributed by atoms with Crippen LogP contribution in [0.3, 0.4) is 0 Å². The zero-order valence-corrected chi connectivity index (χ0v) is 35.3. The minimum atomic E-state index is -4.21. The molecule has 2 aromatic heterocycles. The molecule has 0 radical (unpaired) electrons. The molecular formula is C46H52B2F4N4O. The first-order valence-corrected chi connectivity index (χ1v) is 20.5. The second kappa shape index (κ2) is 13.2. The third-order valence-electron chi connectivity index (χ3n) is 13.5. The van der Waals surface area contributed by atoms with Crippen LogP contribution in [0, 0.1) is 27.7 Å². The quantitative estimate of drug-likeness (QED) is 0.129. The molecule has 5 nitrogen and oxygen atoms in total. The molecule has 4 aromatic rings. The zero-order chi connectivity index (χ0) is 41.2. The number of ether oxygens (including phenoxy) is 1. The normalized spacial score (nSPS) is 18.3. The number of fused-ring (bicyclic) bond motifs is 4. The highest BCUT2D eigenvalue weighted by Crippen LogP contribution is 2.52. The SMILES string of the molecule is CCC1=C(C)C2=C(c3ccccc3Oc3ccccc3C3=C4C(C)=C(CC)C(C)=[N+]4[B-](F)(F)n4c(C)c(CC)c(C)c43)c3c(C)c(CC)c(C)n3[B-](F)(F)[N+]2=C1C. The van der Waals surface area contributed by atoms with Gasteiger partial charge in [-0.1, -0.05) is 64.1 Å².